The number of amides is 2. The number of hydrogen-bond donors (Lipinski definition) is 2. The number of urea groups is 1. The molecule has 0 unspecified atom stereocenters. The summed E-state index contributed by atoms with van der Waals surface area (Å²) in [5, 5.41) is 5.58. The van der Waals surface area contributed by atoms with Gasteiger partial charge in [0.25, 0.3) is 0 Å². The van der Waals surface area contributed by atoms with Crippen LogP contribution in [0.15, 0.2) is 36.5 Å². The van der Waals surface area contributed by atoms with Crippen LogP contribution in [0.2, 0.25) is 0 Å². The highest BCUT2D eigenvalue weighted by atomic mass is 16.5. The Balaban J connectivity index is 1.56. The van der Waals surface area contributed by atoms with E-state index >= 15 is 0 Å². The van der Waals surface area contributed by atoms with Gasteiger partial charge >= 0.3 is 6.03 Å². The Hall–Kier alpha value is -2.83. The molecule has 0 bridgehead atoms. The SMILES string of the molecule is CCOc1ccccc1NC(=O)NCc1nccc(N2CCCC2)n1. The van der Waals surface area contributed by atoms with Crippen LogP contribution in [0.3, 0.4) is 0 Å². The number of ether oxygens (including phenoxy) is 1. The lowest BCUT2D eigenvalue weighted by molar-refractivity contribution is 0.251. The zero-order valence-corrected chi connectivity index (χ0v) is 14.4. The molecule has 3 rings (SSSR count). The minimum Gasteiger partial charge on any atom is -0.492 e. The summed E-state index contributed by atoms with van der Waals surface area (Å²) >= 11 is 0. The molecule has 2 aromatic rings. The average Bonchev–Trinajstić information content (AvgIpc) is 3.17. The monoisotopic (exact) mass is 341 g/mol. The molecule has 0 spiro atoms. The van der Waals surface area contributed by atoms with E-state index in [9.17, 15) is 4.79 Å². The molecule has 0 aliphatic carbocycles. The molecule has 0 saturated carbocycles. The summed E-state index contributed by atoms with van der Waals surface area (Å²) in [6.07, 6.45) is 4.12. The van der Waals surface area contributed by atoms with Gasteiger partial charge in [-0.15, -0.1) is 0 Å². The molecule has 0 atom stereocenters. The van der Waals surface area contributed by atoms with E-state index in [0.29, 0.717) is 23.9 Å². The molecule has 1 saturated heterocycles. The van der Waals surface area contributed by atoms with Gasteiger partial charge in [0.15, 0.2) is 0 Å². The maximum Gasteiger partial charge on any atom is 0.319 e. The molecule has 0 radical (unpaired) electrons. The van der Waals surface area contributed by atoms with Crippen molar-refractivity contribution in [3.63, 3.8) is 0 Å². The van der Waals surface area contributed by atoms with Crippen LogP contribution >= 0.6 is 0 Å². The van der Waals surface area contributed by atoms with Crippen molar-refractivity contribution in [2.75, 3.05) is 29.9 Å². The van der Waals surface area contributed by atoms with Gasteiger partial charge in [0.05, 0.1) is 18.8 Å². The largest absolute Gasteiger partial charge is 0.492 e. The van der Waals surface area contributed by atoms with Crippen molar-refractivity contribution < 1.29 is 9.53 Å². The predicted octanol–water partition coefficient (Wildman–Crippen LogP) is 2.80. The van der Waals surface area contributed by atoms with Crippen molar-refractivity contribution in [3.05, 3.63) is 42.4 Å². The number of nitrogens with zero attached hydrogens (tertiary/aromatic N) is 3. The van der Waals surface area contributed by atoms with Gasteiger partial charge in [0, 0.05) is 19.3 Å². The van der Waals surface area contributed by atoms with E-state index in [4.69, 9.17) is 4.74 Å². The van der Waals surface area contributed by atoms with Crippen LogP contribution in [0.5, 0.6) is 5.75 Å². The van der Waals surface area contributed by atoms with Gasteiger partial charge in [-0.2, -0.15) is 0 Å². The Bertz CT molecular complexity index is 716. The first kappa shape index (κ1) is 17.0. The summed E-state index contributed by atoms with van der Waals surface area (Å²) in [6.45, 7) is 4.76. The normalized spacial score (nSPS) is 13.6. The van der Waals surface area contributed by atoms with Gasteiger partial charge < -0.3 is 20.3 Å². The number of para-hydroxylation sites is 2. The van der Waals surface area contributed by atoms with Crippen molar-refractivity contribution in [2.24, 2.45) is 0 Å². The molecule has 1 aliphatic rings. The zero-order valence-electron chi connectivity index (χ0n) is 14.4. The van der Waals surface area contributed by atoms with Crippen LogP contribution < -0.4 is 20.3 Å². The highest BCUT2D eigenvalue weighted by molar-refractivity contribution is 5.90. The molecule has 7 heteroatoms. The third-order valence-electron chi connectivity index (χ3n) is 3.96. The molecular weight excluding hydrogens is 318 g/mol. The van der Waals surface area contributed by atoms with Gasteiger partial charge in [-0.3, -0.25) is 0 Å². The highest BCUT2D eigenvalue weighted by Crippen LogP contribution is 2.23. The Morgan fingerprint density at radius 3 is 2.84 bits per heavy atom. The second kappa shape index (κ2) is 8.32. The maximum absolute atomic E-state index is 12.1. The Morgan fingerprint density at radius 2 is 2.04 bits per heavy atom. The maximum atomic E-state index is 12.1. The molecule has 1 fully saturated rings. The lowest BCUT2D eigenvalue weighted by Gasteiger charge is -2.16. The molecule has 132 valence electrons. The van der Waals surface area contributed by atoms with Crippen molar-refractivity contribution in [2.45, 2.75) is 26.3 Å². The molecule has 2 amide bonds. The first-order chi connectivity index (χ1) is 12.3. The second-order valence-corrected chi connectivity index (χ2v) is 5.76. The van der Waals surface area contributed by atoms with E-state index in [0.717, 1.165) is 18.9 Å². The number of anilines is 2. The summed E-state index contributed by atoms with van der Waals surface area (Å²) in [5.41, 5.74) is 0.633. The fourth-order valence-electron chi connectivity index (χ4n) is 2.77. The van der Waals surface area contributed by atoms with Crippen LogP contribution in [0.4, 0.5) is 16.3 Å². The second-order valence-electron chi connectivity index (χ2n) is 5.76. The van der Waals surface area contributed by atoms with Gasteiger partial charge in [-0.05, 0) is 38.0 Å². The van der Waals surface area contributed by atoms with Gasteiger partial charge in [0.2, 0.25) is 0 Å². The van der Waals surface area contributed by atoms with Crippen LogP contribution in [0.25, 0.3) is 0 Å². The minimum absolute atomic E-state index is 0.268. The van der Waals surface area contributed by atoms with Crippen molar-refractivity contribution in [1.29, 1.82) is 0 Å². The summed E-state index contributed by atoms with van der Waals surface area (Å²) in [4.78, 5) is 23.1. The number of carbonyl (C=O) groups excluding carboxylic acids is 1. The Morgan fingerprint density at radius 1 is 1.24 bits per heavy atom. The van der Waals surface area contributed by atoms with E-state index in [-0.39, 0.29) is 12.6 Å². The van der Waals surface area contributed by atoms with Crippen LogP contribution in [-0.4, -0.2) is 35.7 Å². The molecule has 7 nitrogen and oxygen atoms in total. The van der Waals surface area contributed by atoms with Gasteiger partial charge in [0.1, 0.15) is 17.4 Å². The summed E-state index contributed by atoms with van der Waals surface area (Å²) < 4.78 is 5.50. The quantitative estimate of drug-likeness (QED) is 0.844. The first-order valence-corrected chi connectivity index (χ1v) is 8.60. The summed E-state index contributed by atoms with van der Waals surface area (Å²) in [6, 6.07) is 8.93. The fourth-order valence-corrected chi connectivity index (χ4v) is 2.77. The van der Waals surface area contributed by atoms with Crippen LogP contribution in [0, 0.1) is 0 Å². The van der Waals surface area contributed by atoms with Crippen LogP contribution in [0.1, 0.15) is 25.6 Å². The third kappa shape index (κ3) is 4.59. The van der Waals surface area contributed by atoms with E-state index < -0.39 is 0 Å². The number of carbonyl (C=O) groups is 1. The number of hydrogen-bond acceptors (Lipinski definition) is 5. The third-order valence-corrected chi connectivity index (χ3v) is 3.96. The minimum atomic E-state index is -0.317. The van der Waals surface area contributed by atoms with Crippen molar-refractivity contribution >= 4 is 17.5 Å². The zero-order chi connectivity index (χ0) is 17.5. The molecule has 1 aromatic carbocycles. The molecule has 2 N–H and O–H groups in total. The van der Waals surface area contributed by atoms with E-state index in [1.807, 2.05) is 31.2 Å². The Labute approximate surface area is 147 Å². The van der Waals surface area contributed by atoms with Gasteiger partial charge in [-0.25, -0.2) is 14.8 Å². The average molecular weight is 341 g/mol. The van der Waals surface area contributed by atoms with E-state index in [1.165, 1.54) is 12.8 Å². The summed E-state index contributed by atoms with van der Waals surface area (Å²) in [7, 11) is 0. The van der Waals surface area contributed by atoms with Crippen molar-refractivity contribution in [3.8, 4) is 5.75 Å². The molecule has 1 aliphatic heterocycles. The topological polar surface area (TPSA) is 79.4 Å². The number of rotatable bonds is 6. The first-order valence-electron chi connectivity index (χ1n) is 8.60. The highest BCUT2D eigenvalue weighted by Gasteiger charge is 2.14. The van der Waals surface area contributed by atoms with Crippen molar-refractivity contribution in [1.82, 2.24) is 15.3 Å². The lowest BCUT2D eigenvalue weighted by atomic mass is 10.3. The molecular formula is C18H23N5O2. The van der Waals surface area contributed by atoms with E-state index in [1.54, 1.807) is 12.3 Å². The summed E-state index contributed by atoms with van der Waals surface area (Å²) in [5.74, 6) is 2.16. The van der Waals surface area contributed by atoms with Crippen LogP contribution in [-0.2, 0) is 6.54 Å². The number of aromatic nitrogens is 2. The standard InChI is InChI=1S/C18H23N5O2/c1-2-25-15-8-4-3-7-14(15)21-18(24)20-13-16-19-10-9-17(22-16)23-11-5-6-12-23/h3-4,7-10H,2,5-6,11-13H2,1H3,(H2,20,21,24). The molecule has 25 heavy (non-hydrogen) atoms. The smallest absolute Gasteiger partial charge is 0.319 e. The predicted molar refractivity (Wildman–Crippen MR) is 96.9 cm³/mol. The molecule has 1 aromatic heterocycles. The number of nitrogens with one attached hydrogen (secondary N) is 2. The lowest BCUT2D eigenvalue weighted by Crippen LogP contribution is -2.29. The van der Waals surface area contributed by atoms with E-state index in [2.05, 4.69) is 25.5 Å². The van der Waals surface area contributed by atoms with Gasteiger partial charge in [-0.1, -0.05) is 12.1 Å². The number of benzene rings is 1. The molecule has 2 heterocycles. The Kier molecular flexibility index (Phi) is 5.66. The fraction of sp³-hybridized carbons (Fsp3) is 0.389.